The van der Waals surface area contributed by atoms with E-state index in [-0.39, 0.29) is 11.4 Å². The summed E-state index contributed by atoms with van der Waals surface area (Å²) in [6.45, 7) is 4.19. The number of likely N-dealkylation sites (tertiary alicyclic amines) is 1. The Morgan fingerprint density at radius 3 is 2.94 bits per heavy atom. The SMILES string of the molecule is CC1CN(C)CCC12CC(=O)c1ccccc1O2. The van der Waals surface area contributed by atoms with Gasteiger partial charge in [-0.15, -0.1) is 0 Å². The number of ketones is 1. The molecule has 96 valence electrons. The van der Waals surface area contributed by atoms with Gasteiger partial charge < -0.3 is 9.64 Å². The van der Waals surface area contributed by atoms with Crippen LogP contribution in [-0.4, -0.2) is 36.4 Å². The Hall–Kier alpha value is -1.35. The van der Waals surface area contributed by atoms with E-state index >= 15 is 0 Å². The quantitative estimate of drug-likeness (QED) is 0.702. The molecule has 1 saturated heterocycles. The fourth-order valence-electron chi connectivity index (χ4n) is 3.17. The Labute approximate surface area is 108 Å². The number of rotatable bonds is 0. The van der Waals surface area contributed by atoms with Crippen molar-refractivity contribution in [2.75, 3.05) is 20.1 Å². The molecule has 2 heterocycles. The van der Waals surface area contributed by atoms with Crippen LogP contribution in [0.2, 0.25) is 0 Å². The van der Waals surface area contributed by atoms with Gasteiger partial charge in [0.25, 0.3) is 0 Å². The van der Waals surface area contributed by atoms with E-state index in [0.717, 1.165) is 30.8 Å². The summed E-state index contributed by atoms with van der Waals surface area (Å²) in [4.78, 5) is 14.6. The van der Waals surface area contributed by atoms with Crippen molar-refractivity contribution in [2.24, 2.45) is 5.92 Å². The molecule has 2 unspecified atom stereocenters. The van der Waals surface area contributed by atoms with E-state index < -0.39 is 0 Å². The molecule has 0 amide bonds. The predicted molar refractivity (Wildman–Crippen MR) is 70.0 cm³/mol. The number of para-hydroxylation sites is 1. The Bertz CT molecular complexity index is 485. The Balaban J connectivity index is 1.96. The zero-order valence-corrected chi connectivity index (χ0v) is 11.0. The first kappa shape index (κ1) is 11.7. The lowest BCUT2D eigenvalue weighted by Crippen LogP contribution is -2.55. The van der Waals surface area contributed by atoms with Crippen LogP contribution in [0.4, 0.5) is 0 Å². The molecule has 1 aromatic carbocycles. The van der Waals surface area contributed by atoms with Gasteiger partial charge in [-0.2, -0.15) is 0 Å². The van der Waals surface area contributed by atoms with Crippen molar-refractivity contribution in [3.8, 4) is 5.75 Å². The van der Waals surface area contributed by atoms with Gasteiger partial charge in [0.2, 0.25) is 0 Å². The van der Waals surface area contributed by atoms with Gasteiger partial charge in [-0.1, -0.05) is 19.1 Å². The van der Waals surface area contributed by atoms with Crippen molar-refractivity contribution in [1.82, 2.24) is 4.90 Å². The van der Waals surface area contributed by atoms with Crippen molar-refractivity contribution in [2.45, 2.75) is 25.4 Å². The van der Waals surface area contributed by atoms with Gasteiger partial charge in [-0.25, -0.2) is 0 Å². The normalized spacial score (nSPS) is 32.1. The molecular formula is C15H19NO2. The third-order valence-electron chi connectivity index (χ3n) is 4.36. The highest BCUT2D eigenvalue weighted by molar-refractivity contribution is 6.00. The summed E-state index contributed by atoms with van der Waals surface area (Å²) in [6.07, 6.45) is 1.46. The number of benzene rings is 1. The van der Waals surface area contributed by atoms with E-state index in [1.165, 1.54) is 0 Å². The predicted octanol–water partition coefficient (Wildman–Crippen LogP) is 2.36. The van der Waals surface area contributed by atoms with Crippen molar-refractivity contribution < 1.29 is 9.53 Å². The molecule has 3 heteroatoms. The maximum atomic E-state index is 12.3. The second-order valence-electron chi connectivity index (χ2n) is 5.68. The van der Waals surface area contributed by atoms with E-state index in [4.69, 9.17) is 4.74 Å². The molecule has 0 radical (unpaired) electrons. The standard InChI is InChI=1S/C15H19NO2/c1-11-10-16(2)8-7-15(11)9-13(17)12-5-3-4-6-14(12)18-15/h3-6,11H,7-10H2,1-2H3. The molecule has 1 spiro atoms. The molecule has 0 aromatic heterocycles. The topological polar surface area (TPSA) is 29.5 Å². The van der Waals surface area contributed by atoms with Gasteiger partial charge in [0.1, 0.15) is 11.4 Å². The van der Waals surface area contributed by atoms with Crippen molar-refractivity contribution >= 4 is 5.78 Å². The maximum Gasteiger partial charge on any atom is 0.170 e. The number of hydrogen-bond acceptors (Lipinski definition) is 3. The molecule has 0 aliphatic carbocycles. The Morgan fingerprint density at radius 2 is 2.17 bits per heavy atom. The molecule has 2 aliphatic heterocycles. The number of ether oxygens (including phenoxy) is 1. The number of fused-ring (bicyclic) bond motifs is 1. The Kier molecular flexibility index (Phi) is 2.67. The van der Waals surface area contributed by atoms with E-state index in [1.54, 1.807) is 0 Å². The van der Waals surface area contributed by atoms with Gasteiger partial charge in [-0.3, -0.25) is 4.79 Å². The zero-order chi connectivity index (χ0) is 12.8. The fourth-order valence-corrected chi connectivity index (χ4v) is 3.17. The monoisotopic (exact) mass is 245 g/mol. The highest BCUT2D eigenvalue weighted by Gasteiger charge is 2.46. The number of carbonyl (C=O) groups excluding carboxylic acids is 1. The van der Waals surface area contributed by atoms with E-state index in [9.17, 15) is 4.79 Å². The molecule has 0 bridgehead atoms. The molecule has 3 rings (SSSR count). The molecule has 1 fully saturated rings. The average molecular weight is 245 g/mol. The van der Waals surface area contributed by atoms with Crippen LogP contribution in [0.15, 0.2) is 24.3 Å². The fraction of sp³-hybridized carbons (Fsp3) is 0.533. The van der Waals surface area contributed by atoms with Crippen LogP contribution >= 0.6 is 0 Å². The van der Waals surface area contributed by atoms with E-state index in [2.05, 4.69) is 18.9 Å². The number of piperidine rings is 1. The van der Waals surface area contributed by atoms with Crippen molar-refractivity contribution in [3.05, 3.63) is 29.8 Å². The van der Waals surface area contributed by atoms with Gasteiger partial charge in [0.15, 0.2) is 5.78 Å². The first-order valence-electron chi connectivity index (χ1n) is 6.60. The Morgan fingerprint density at radius 1 is 1.39 bits per heavy atom. The third-order valence-corrected chi connectivity index (χ3v) is 4.36. The number of carbonyl (C=O) groups is 1. The second kappa shape index (κ2) is 4.09. The molecule has 0 saturated carbocycles. The summed E-state index contributed by atoms with van der Waals surface area (Å²) >= 11 is 0. The molecule has 2 atom stereocenters. The lowest BCUT2D eigenvalue weighted by molar-refractivity contribution is -0.0447. The summed E-state index contributed by atoms with van der Waals surface area (Å²) < 4.78 is 6.24. The molecule has 0 N–H and O–H groups in total. The van der Waals surface area contributed by atoms with Crippen LogP contribution in [0.1, 0.15) is 30.1 Å². The number of nitrogens with zero attached hydrogens (tertiary/aromatic N) is 1. The van der Waals surface area contributed by atoms with Crippen LogP contribution in [0.5, 0.6) is 5.75 Å². The smallest absolute Gasteiger partial charge is 0.170 e. The van der Waals surface area contributed by atoms with Crippen molar-refractivity contribution in [1.29, 1.82) is 0 Å². The summed E-state index contributed by atoms with van der Waals surface area (Å²) in [5.41, 5.74) is 0.465. The number of hydrogen-bond donors (Lipinski definition) is 0. The van der Waals surface area contributed by atoms with Crippen LogP contribution < -0.4 is 4.74 Å². The molecule has 1 aromatic rings. The first-order valence-corrected chi connectivity index (χ1v) is 6.60. The van der Waals surface area contributed by atoms with Crippen LogP contribution in [-0.2, 0) is 0 Å². The lowest BCUT2D eigenvalue weighted by Gasteiger charge is -2.47. The average Bonchev–Trinajstić information content (AvgIpc) is 2.35. The van der Waals surface area contributed by atoms with Gasteiger partial charge in [0.05, 0.1) is 12.0 Å². The van der Waals surface area contributed by atoms with Gasteiger partial charge >= 0.3 is 0 Å². The van der Waals surface area contributed by atoms with Crippen LogP contribution in [0, 0.1) is 5.92 Å². The summed E-state index contributed by atoms with van der Waals surface area (Å²) in [7, 11) is 2.13. The highest BCUT2D eigenvalue weighted by Crippen LogP contribution is 2.41. The second-order valence-corrected chi connectivity index (χ2v) is 5.68. The maximum absolute atomic E-state index is 12.3. The van der Waals surface area contributed by atoms with Crippen LogP contribution in [0.3, 0.4) is 0 Å². The number of Topliss-reactive ketones (excluding diaryl/α,β-unsaturated/α-hetero) is 1. The molecule has 18 heavy (non-hydrogen) atoms. The molecule has 2 aliphatic rings. The van der Waals surface area contributed by atoms with Gasteiger partial charge in [0, 0.05) is 25.4 Å². The van der Waals surface area contributed by atoms with E-state index in [1.807, 2.05) is 24.3 Å². The molecular weight excluding hydrogens is 226 g/mol. The van der Waals surface area contributed by atoms with E-state index in [0.29, 0.717) is 12.3 Å². The van der Waals surface area contributed by atoms with Crippen molar-refractivity contribution in [3.63, 3.8) is 0 Å². The minimum atomic E-state index is -0.280. The largest absolute Gasteiger partial charge is 0.486 e. The summed E-state index contributed by atoms with van der Waals surface area (Å²) in [5.74, 6) is 1.38. The highest BCUT2D eigenvalue weighted by atomic mass is 16.5. The van der Waals surface area contributed by atoms with Gasteiger partial charge in [-0.05, 0) is 19.2 Å². The molecule has 3 nitrogen and oxygen atoms in total. The minimum Gasteiger partial charge on any atom is -0.486 e. The summed E-state index contributed by atoms with van der Waals surface area (Å²) in [6, 6.07) is 7.62. The lowest BCUT2D eigenvalue weighted by atomic mass is 9.76. The van der Waals surface area contributed by atoms with Crippen LogP contribution in [0.25, 0.3) is 0 Å². The summed E-state index contributed by atoms with van der Waals surface area (Å²) in [5, 5.41) is 0. The first-order chi connectivity index (χ1) is 8.61. The third kappa shape index (κ3) is 1.74. The minimum absolute atomic E-state index is 0.230. The zero-order valence-electron chi connectivity index (χ0n) is 11.0.